The van der Waals surface area contributed by atoms with E-state index in [0.717, 1.165) is 24.1 Å². The Kier molecular flexibility index (Phi) is 4.15. The molecule has 1 aliphatic rings. The fourth-order valence-electron chi connectivity index (χ4n) is 2.65. The van der Waals surface area contributed by atoms with Crippen molar-refractivity contribution in [3.8, 4) is 0 Å². The number of benzene rings is 1. The molecule has 2 atom stereocenters. The lowest BCUT2D eigenvalue weighted by Gasteiger charge is -2.19. The Morgan fingerprint density at radius 3 is 3.09 bits per heavy atom. The molecule has 2 aromatic rings. The zero-order valence-corrected chi connectivity index (χ0v) is 12.4. The molecule has 2 heterocycles. The van der Waals surface area contributed by atoms with Crippen molar-refractivity contribution in [1.29, 1.82) is 0 Å². The third-order valence-electron chi connectivity index (χ3n) is 3.83. The number of carbonyl (C=O) groups is 1. The summed E-state index contributed by atoms with van der Waals surface area (Å²) in [6.45, 7) is 2.50. The summed E-state index contributed by atoms with van der Waals surface area (Å²) < 4.78 is 6.62. The molecule has 7 nitrogen and oxygen atoms in total. The molecule has 116 valence electrons. The number of rotatable bonds is 4. The molecule has 0 unspecified atom stereocenters. The second-order valence-corrected chi connectivity index (χ2v) is 5.48. The molecule has 1 amide bonds. The van der Waals surface area contributed by atoms with Crippen molar-refractivity contribution in [2.75, 3.05) is 6.61 Å². The van der Waals surface area contributed by atoms with Crippen LogP contribution in [0.25, 0.3) is 10.9 Å². The van der Waals surface area contributed by atoms with E-state index in [2.05, 4.69) is 15.6 Å². The summed E-state index contributed by atoms with van der Waals surface area (Å²) in [7, 11) is 0. The fourth-order valence-corrected chi connectivity index (χ4v) is 2.65. The van der Waals surface area contributed by atoms with Crippen LogP contribution >= 0.6 is 0 Å². The van der Waals surface area contributed by atoms with E-state index in [0.29, 0.717) is 10.9 Å². The van der Waals surface area contributed by atoms with Crippen molar-refractivity contribution < 1.29 is 9.53 Å². The fraction of sp³-hybridized carbons (Fsp3) is 0.467. The minimum Gasteiger partial charge on any atom is -0.376 e. The molecule has 1 saturated heterocycles. The van der Waals surface area contributed by atoms with Crippen molar-refractivity contribution in [1.82, 2.24) is 20.3 Å². The van der Waals surface area contributed by atoms with Gasteiger partial charge in [0.2, 0.25) is 5.91 Å². The molecule has 1 aromatic carbocycles. The van der Waals surface area contributed by atoms with Crippen LogP contribution in [0, 0.1) is 0 Å². The molecule has 1 aromatic heterocycles. The molecule has 0 bridgehead atoms. The third kappa shape index (κ3) is 2.99. The maximum absolute atomic E-state index is 12.3. The highest BCUT2D eigenvalue weighted by molar-refractivity contribution is 5.78. The lowest BCUT2D eigenvalue weighted by Crippen LogP contribution is -2.43. The van der Waals surface area contributed by atoms with Gasteiger partial charge >= 0.3 is 0 Å². The van der Waals surface area contributed by atoms with Crippen molar-refractivity contribution in [2.45, 2.75) is 38.5 Å². The SMILES string of the molecule is C[C@@H](NC(=O)Cn1nnc2ccccc2c1=O)[C@H]1CCCO1. The maximum Gasteiger partial charge on any atom is 0.278 e. The van der Waals surface area contributed by atoms with E-state index in [1.165, 1.54) is 0 Å². The summed E-state index contributed by atoms with van der Waals surface area (Å²) in [6.07, 6.45) is 2.00. The molecule has 0 radical (unpaired) electrons. The first kappa shape index (κ1) is 14.6. The van der Waals surface area contributed by atoms with Crippen molar-refractivity contribution in [2.24, 2.45) is 0 Å². The van der Waals surface area contributed by atoms with E-state index >= 15 is 0 Å². The Hall–Kier alpha value is -2.28. The van der Waals surface area contributed by atoms with Gasteiger partial charge in [-0.1, -0.05) is 17.3 Å². The van der Waals surface area contributed by atoms with Crippen LogP contribution in [-0.2, 0) is 16.1 Å². The molecule has 0 saturated carbocycles. The van der Waals surface area contributed by atoms with Gasteiger partial charge in [-0.25, -0.2) is 4.68 Å². The number of ether oxygens (including phenoxy) is 1. The summed E-state index contributed by atoms with van der Waals surface area (Å²) in [4.78, 5) is 24.3. The molecular weight excluding hydrogens is 284 g/mol. The predicted octanol–water partition coefficient (Wildman–Crippen LogP) is 0.475. The molecule has 1 aliphatic heterocycles. The second-order valence-electron chi connectivity index (χ2n) is 5.48. The number of fused-ring (bicyclic) bond motifs is 1. The number of carbonyl (C=O) groups excluding carboxylic acids is 1. The normalized spacial score (nSPS) is 19.2. The topological polar surface area (TPSA) is 86.1 Å². The summed E-state index contributed by atoms with van der Waals surface area (Å²) in [5.41, 5.74) is 0.211. The Labute approximate surface area is 127 Å². The van der Waals surface area contributed by atoms with Gasteiger partial charge in [-0.05, 0) is 31.9 Å². The summed E-state index contributed by atoms with van der Waals surface area (Å²) in [5, 5.41) is 11.1. The maximum atomic E-state index is 12.3. The van der Waals surface area contributed by atoms with Crippen molar-refractivity contribution in [3.05, 3.63) is 34.6 Å². The van der Waals surface area contributed by atoms with Gasteiger partial charge in [0.15, 0.2) is 0 Å². The van der Waals surface area contributed by atoms with Crippen LogP contribution in [0.15, 0.2) is 29.1 Å². The summed E-state index contributed by atoms with van der Waals surface area (Å²) >= 11 is 0. The molecule has 0 spiro atoms. The van der Waals surface area contributed by atoms with E-state index in [1.807, 2.05) is 6.92 Å². The molecule has 1 fully saturated rings. The Morgan fingerprint density at radius 1 is 1.50 bits per heavy atom. The van der Waals surface area contributed by atoms with Crippen LogP contribution < -0.4 is 10.9 Å². The van der Waals surface area contributed by atoms with Gasteiger partial charge in [0.1, 0.15) is 12.1 Å². The van der Waals surface area contributed by atoms with Crippen LogP contribution in [0.4, 0.5) is 0 Å². The highest BCUT2D eigenvalue weighted by Gasteiger charge is 2.23. The van der Waals surface area contributed by atoms with Crippen LogP contribution in [0.5, 0.6) is 0 Å². The molecule has 22 heavy (non-hydrogen) atoms. The van der Waals surface area contributed by atoms with Gasteiger partial charge in [-0.3, -0.25) is 9.59 Å². The molecule has 1 N–H and O–H groups in total. The number of aromatic nitrogens is 3. The number of nitrogens with one attached hydrogen (secondary N) is 1. The monoisotopic (exact) mass is 302 g/mol. The van der Waals surface area contributed by atoms with Gasteiger partial charge < -0.3 is 10.1 Å². The van der Waals surface area contributed by atoms with E-state index in [1.54, 1.807) is 24.3 Å². The van der Waals surface area contributed by atoms with E-state index in [-0.39, 0.29) is 30.2 Å². The van der Waals surface area contributed by atoms with Crippen LogP contribution in [0.3, 0.4) is 0 Å². The van der Waals surface area contributed by atoms with Crippen LogP contribution in [0.2, 0.25) is 0 Å². The number of amides is 1. The van der Waals surface area contributed by atoms with Crippen LogP contribution in [-0.4, -0.2) is 39.7 Å². The number of hydrogen-bond donors (Lipinski definition) is 1. The van der Waals surface area contributed by atoms with E-state index < -0.39 is 0 Å². The first-order valence-electron chi connectivity index (χ1n) is 7.38. The lowest BCUT2D eigenvalue weighted by molar-refractivity contribution is -0.123. The Morgan fingerprint density at radius 2 is 2.32 bits per heavy atom. The average Bonchev–Trinajstić information content (AvgIpc) is 3.05. The van der Waals surface area contributed by atoms with Gasteiger partial charge in [0.05, 0.1) is 17.5 Å². The summed E-state index contributed by atoms with van der Waals surface area (Å²) in [6, 6.07) is 6.86. The largest absolute Gasteiger partial charge is 0.376 e. The summed E-state index contributed by atoms with van der Waals surface area (Å²) in [5.74, 6) is -0.269. The van der Waals surface area contributed by atoms with Crippen molar-refractivity contribution in [3.63, 3.8) is 0 Å². The minimum atomic E-state index is -0.314. The van der Waals surface area contributed by atoms with Gasteiger partial charge in [-0.2, -0.15) is 0 Å². The number of nitrogens with zero attached hydrogens (tertiary/aromatic N) is 3. The lowest BCUT2D eigenvalue weighted by atomic mass is 10.1. The zero-order valence-electron chi connectivity index (χ0n) is 12.4. The minimum absolute atomic E-state index is 0.0448. The van der Waals surface area contributed by atoms with Gasteiger partial charge in [0.25, 0.3) is 5.56 Å². The van der Waals surface area contributed by atoms with Crippen LogP contribution in [0.1, 0.15) is 19.8 Å². The molecule has 0 aliphatic carbocycles. The Bertz CT molecular complexity index is 737. The average molecular weight is 302 g/mol. The standard InChI is InChI=1S/C15H18N4O3/c1-10(13-7-4-8-22-13)16-14(20)9-19-15(21)11-5-2-3-6-12(11)17-18-19/h2-3,5-6,10,13H,4,7-9H2,1H3,(H,16,20)/t10-,13-/m1/s1. The zero-order chi connectivity index (χ0) is 15.5. The first-order valence-corrected chi connectivity index (χ1v) is 7.38. The van der Waals surface area contributed by atoms with Crippen molar-refractivity contribution >= 4 is 16.8 Å². The highest BCUT2D eigenvalue weighted by Crippen LogP contribution is 2.15. The van der Waals surface area contributed by atoms with E-state index in [4.69, 9.17) is 4.74 Å². The molecular formula is C15H18N4O3. The third-order valence-corrected chi connectivity index (χ3v) is 3.83. The van der Waals surface area contributed by atoms with Gasteiger partial charge in [-0.15, -0.1) is 5.10 Å². The van der Waals surface area contributed by atoms with Gasteiger partial charge in [0, 0.05) is 6.61 Å². The molecule has 3 rings (SSSR count). The second kappa shape index (κ2) is 6.23. The first-order chi connectivity index (χ1) is 10.6. The predicted molar refractivity (Wildman–Crippen MR) is 80.4 cm³/mol. The Balaban J connectivity index is 1.71. The van der Waals surface area contributed by atoms with E-state index in [9.17, 15) is 9.59 Å². The number of hydrogen-bond acceptors (Lipinski definition) is 5. The quantitative estimate of drug-likeness (QED) is 0.887. The molecule has 7 heteroatoms. The smallest absolute Gasteiger partial charge is 0.278 e. The highest BCUT2D eigenvalue weighted by atomic mass is 16.5.